The molecule has 1 aromatic heterocycles. The van der Waals surface area contributed by atoms with Gasteiger partial charge in [-0.1, -0.05) is 19.9 Å². The van der Waals surface area contributed by atoms with Crippen molar-refractivity contribution in [2.45, 2.75) is 39.0 Å². The minimum Gasteiger partial charge on any atom is -0.341 e. The highest BCUT2D eigenvalue weighted by Gasteiger charge is 2.19. The van der Waals surface area contributed by atoms with Gasteiger partial charge in [0.25, 0.3) is 5.91 Å². The average Bonchev–Trinajstić information content (AvgIpc) is 2.68. The number of carbonyl (C=O) groups is 1. The maximum atomic E-state index is 12.7. The molecule has 0 saturated carbocycles. The Labute approximate surface area is 153 Å². The van der Waals surface area contributed by atoms with Gasteiger partial charge in [-0.25, -0.2) is 9.97 Å². The van der Waals surface area contributed by atoms with E-state index in [0.717, 1.165) is 31.6 Å². The predicted octanol–water partition coefficient (Wildman–Crippen LogP) is 3.71. The van der Waals surface area contributed by atoms with Crippen molar-refractivity contribution in [1.29, 1.82) is 5.26 Å². The average molecular weight is 349 g/mol. The van der Waals surface area contributed by atoms with Crippen LogP contribution in [0.2, 0.25) is 0 Å². The number of nitriles is 1. The molecule has 1 fully saturated rings. The Morgan fingerprint density at radius 1 is 1.19 bits per heavy atom. The zero-order valence-corrected chi connectivity index (χ0v) is 15.2. The van der Waals surface area contributed by atoms with E-state index in [1.807, 2.05) is 0 Å². The van der Waals surface area contributed by atoms with Gasteiger partial charge in [0, 0.05) is 24.5 Å². The van der Waals surface area contributed by atoms with Crippen molar-refractivity contribution < 1.29 is 4.79 Å². The minimum absolute atomic E-state index is 0.204. The van der Waals surface area contributed by atoms with Crippen LogP contribution in [0.25, 0.3) is 0 Å². The van der Waals surface area contributed by atoms with Gasteiger partial charge in [-0.3, -0.25) is 4.79 Å². The van der Waals surface area contributed by atoms with E-state index >= 15 is 0 Å². The van der Waals surface area contributed by atoms with Crippen molar-refractivity contribution in [2.75, 3.05) is 23.3 Å². The summed E-state index contributed by atoms with van der Waals surface area (Å²) < 4.78 is 0. The van der Waals surface area contributed by atoms with Crippen LogP contribution in [-0.4, -0.2) is 29.0 Å². The summed E-state index contributed by atoms with van der Waals surface area (Å²) in [7, 11) is 0. The number of piperidine rings is 1. The van der Waals surface area contributed by atoms with Crippen LogP contribution in [0.15, 0.2) is 30.3 Å². The van der Waals surface area contributed by atoms with E-state index in [9.17, 15) is 4.79 Å². The Morgan fingerprint density at radius 3 is 2.65 bits per heavy atom. The molecular weight excluding hydrogens is 326 g/mol. The normalized spacial score (nSPS) is 14.2. The van der Waals surface area contributed by atoms with Crippen LogP contribution in [0.1, 0.15) is 60.8 Å². The van der Waals surface area contributed by atoms with E-state index in [1.54, 1.807) is 30.3 Å². The van der Waals surface area contributed by atoms with Crippen molar-refractivity contribution >= 4 is 17.5 Å². The summed E-state index contributed by atoms with van der Waals surface area (Å²) >= 11 is 0. The predicted molar refractivity (Wildman–Crippen MR) is 101 cm³/mol. The molecule has 1 aliphatic heterocycles. The molecule has 0 radical (unpaired) electrons. The van der Waals surface area contributed by atoms with Gasteiger partial charge < -0.3 is 10.2 Å². The maximum Gasteiger partial charge on any atom is 0.274 e. The van der Waals surface area contributed by atoms with Crippen molar-refractivity contribution in [3.63, 3.8) is 0 Å². The zero-order chi connectivity index (χ0) is 18.5. The Bertz CT molecular complexity index is 834. The highest BCUT2D eigenvalue weighted by Crippen LogP contribution is 2.21. The summed E-state index contributed by atoms with van der Waals surface area (Å²) in [4.78, 5) is 24.1. The van der Waals surface area contributed by atoms with Gasteiger partial charge in [0.05, 0.1) is 11.6 Å². The number of hydrogen-bond donors (Lipinski definition) is 1. The summed E-state index contributed by atoms with van der Waals surface area (Å²) in [5, 5.41) is 11.8. The number of hydrogen-bond acceptors (Lipinski definition) is 5. The summed E-state index contributed by atoms with van der Waals surface area (Å²) in [5.41, 5.74) is 2.30. The first-order valence-electron chi connectivity index (χ1n) is 9.02. The fourth-order valence-electron chi connectivity index (χ4n) is 2.96. The molecule has 26 heavy (non-hydrogen) atoms. The molecule has 0 aliphatic carbocycles. The summed E-state index contributed by atoms with van der Waals surface area (Å²) in [6.07, 6.45) is 3.47. The summed E-state index contributed by atoms with van der Waals surface area (Å²) in [5.74, 6) is 0.546. The van der Waals surface area contributed by atoms with Crippen LogP contribution in [0.5, 0.6) is 0 Å². The molecule has 0 atom stereocenters. The van der Waals surface area contributed by atoms with Gasteiger partial charge in [-0.2, -0.15) is 5.26 Å². The lowest BCUT2D eigenvalue weighted by Crippen LogP contribution is -2.32. The molecule has 0 bridgehead atoms. The van der Waals surface area contributed by atoms with E-state index in [2.05, 4.69) is 40.1 Å². The fourth-order valence-corrected chi connectivity index (χ4v) is 2.96. The Balaban J connectivity index is 1.88. The third kappa shape index (κ3) is 4.17. The first-order valence-corrected chi connectivity index (χ1v) is 9.02. The largest absolute Gasteiger partial charge is 0.341 e. The first-order chi connectivity index (χ1) is 12.6. The van der Waals surface area contributed by atoms with Gasteiger partial charge in [0.1, 0.15) is 5.69 Å². The molecule has 1 saturated heterocycles. The van der Waals surface area contributed by atoms with Crippen molar-refractivity contribution in [2.24, 2.45) is 0 Å². The Kier molecular flexibility index (Phi) is 5.47. The number of benzene rings is 1. The molecule has 3 rings (SSSR count). The number of nitrogens with zero attached hydrogens (tertiary/aromatic N) is 4. The molecule has 6 nitrogen and oxygen atoms in total. The fraction of sp³-hybridized carbons (Fsp3) is 0.400. The van der Waals surface area contributed by atoms with E-state index in [1.165, 1.54) is 6.42 Å². The van der Waals surface area contributed by atoms with E-state index in [4.69, 9.17) is 5.26 Å². The van der Waals surface area contributed by atoms with E-state index in [0.29, 0.717) is 22.9 Å². The molecule has 1 aliphatic rings. The lowest BCUT2D eigenvalue weighted by molar-refractivity contribution is 0.102. The minimum atomic E-state index is -0.289. The van der Waals surface area contributed by atoms with Crippen LogP contribution in [0, 0.1) is 11.3 Å². The van der Waals surface area contributed by atoms with Crippen LogP contribution >= 0.6 is 0 Å². The molecule has 1 amide bonds. The van der Waals surface area contributed by atoms with E-state index < -0.39 is 0 Å². The molecule has 6 heteroatoms. The van der Waals surface area contributed by atoms with Crippen LogP contribution in [0.4, 0.5) is 11.6 Å². The maximum absolute atomic E-state index is 12.7. The molecule has 0 spiro atoms. The molecule has 0 unspecified atom stereocenters. The number of rotatable bonds is 4. The van der Waals surface area contributed by atoms with Crippen LogP contribution in [0.3, 0.4) is 0 Å². The van der Waals surface area contributed by atoms with E-state index in [-0.39, 0.29) is 11.8 Å². The lowest BCUT2D eigenvalue weighted by atomic mass is 10.1. The molecule has 1 aromatic carbocycles. The highest BCUT2D eigenvalue weighted by atomic mass is 16.1. The van der Waals surface area contributed by atoms with Gasteiger partial charge in [-0.05, 0) is 49.4 Å². The smallest absolute Gasteiger partial charge is 0.274 e. The lowest BCUT2D eigenvalue weighted by Gasteiger charge is -2.27. The SMILES string of the molecule is CC(C)c1cc(C(=O)Nc2cccc(C#N)c2)nc(N2CCCCC2)n1. The molecule has 134 valence electrons. The first kappa shape index (κ1) is 17.9. The third-order valence-electron chi connectivity index (χ3n) is 4.45. The molecular formula is C20H23N5O. The molecule has 2 heterocycles. The second-order valence-corrected chi connectivity index (χ2v) is 6.83. The highest BCUT2D eigenvalue weighted by molar-refractivity contribution is 6.03. The molecule has 1 N–H and O–H groups in total. The number of anilines is 2. The quantitative estimate of drug-likeness (QED) is 0.910. The number of carbonyl (C=O) groups excluding carboxylic acids is 1. The summed E-state index contributed by atoms with van der Waals surface area (Å²) in [6.45, 7) is 5.96. The monoisotopic (exact) mass is 349 g/mol. The topological polar surface area (TPSA) is 81.9 Å². The van der Waals surface area contributed by atoms with Gasteiger partial charge >= 0.3 is 0 Å². The number of amides is 1. The van der Waals surface area contributed by atoms with Gasteiger partial charge in [0.15, 0.2) is 0 Å². The van der Waals surface area contributed by atoms with Gasteiger partial charge in [-0.15, -0.1) is 0 Å². The van der Waals surface area contributed by atoms with Crippen molar-refractivity contribution in [1.82, 2.24) is 9.97 Å². The second-order valence-electron chi connectivity index (χ2n) is 6.83. The van der Waals surface area contributed by atoms with Crippen molar-refractivity contribution in [3.05, 3.63) is 47.3 Å². The Hall–Kier alpha value is -2.94. The Morgan fingerprint density at radius 2 is 1.96 bits per heavy atom. The number of aromatic nitrogens is 2. The van der Waals surface area contributed by atoms with Crippen LogP contribution < -0.4 is 10.2 Å². The second kappa shape index (κ2) is 7.96. The summed E-state index contributed by atoms with van der Waals surface area (Å²) in [6, 6.07) is 10.7. The third-order valence-corrected chi connectivity index (χ3v) is 4.45. The van der Waals surface area contributed by atoms with Gasteiger partial charge in [0.2, 0.25) is 5.95 Å². The molecule has 2 aromatic rings. The standard InChI is InChI=1S/C20H23N5O/c1-14(2)17-12-18(24-20(23-17)25-9-4-3-5-10-25)19(26)22-16-8-6-7-15(11-16)13-21/h6-8,11-12,14H,3-5,9-10H2,1-2H3,(H,22,26). The van der Waals surface area contributed by atoms with Crippen LogP contribution in [-0.2, 0) is 0 Å². The van der Waals surface area contributed by atoms with Crippen molar-refractivity contribution in [3.8, 4) is 6.07 Å². The number of nitrogens with one attached hydrogen (secondary N) is 1. The zero-order valence-electron chi connectivity index (χ0n) is 15.2.